The molecular formula is C43H45IrN2O2-. The van der Waals surface area contributed by atoms with Crippen LogP contribution in [-0.4, -0.2) is 20.9 Å². The van der Waals surface area contributed by atoms with Gasteiger partial charge in [-0.25, -0.2) is 0 Å². The predicted octanol–water partition coefficient (Wildman–Crippen LogP) is 11.2. The quantitative estimate of drug-likeness (QED) is 0.110. The number of hydrogen-bond acceptors (Lipinski definition) is 4. The van der Waals surface area contributed by atoms with Crippen LogP contribution in [0.2, 0.25) is 0 Å². The Hall–Kier alpha value is -4.44. The zero-order chi connectivity index (χ0) is 34.2. The van der Waals surface area contributed by atoms with Crippen LogP contribution in [0.5, 0.6) is 0 Å². The molecule has 0 bridgehead atoms. The fourth-order valence-corrected chi connectivity index (χ4v) is 5.14. The van der Waals surface area contributed by atoms with Gasteiger partial charge in [-0.05, 0) is 64.2 Å². The summed E-state index contributed by atoms with van der Waals surface area (Å²) in [6.07, 6.45) is 4.92. The van der Waals surface area contributed by atoms with Crippen LogP contribution in [0.25, 0.3) is 44.1 Å². The number of hydrogen-bond donors (Lipinski definition) is 1. The van der Waals surface area contributed by atoms with E-state index in [0.29, 0.717) is 0 Å². The second-order valence-electron chi connectivity index (χ2n) is 13.7. The Morgan fingerprint density at radius 2 is 1.12 bits per heavy atom. The number of rotatable bonds is 3. The number of carbonyl (C=O) groups excluding carboxylic acids is 1. The van der Waals surface area contributed by atoms with Crippen molar-refractivity contribution in [3.05, 3.63) is 145 Å². The Morgan fingerprint density at radius 3 is 1.56 bits per heavy atom. The van der Waals surface area contributed by atoms with Crippen molar-refractivity contribution < 1.29 is 30.0 Å². The van der Waals surface area contributed by atoms with Gasteiger partial charge in [0.25, 0.3) is 0 Å². The van der Waals surface area contributed by atoms with E-state index in [1.165, 1.54) is 58.2 Å². The van der Waals surface area contributed by atoms with Crippen molar-refractivity contribution in [1.82, 2.24) is 9.97 Å². The average Bonchev–Trinajstić information content (AvgIpc) is 3.03. The van der Waals surface area contributed by atoms with Crippen LogP contribution in [0.3, 0.4) is 0 Å². The van der Waals surface area contributed by atoms with E-state index < -0.39 is 0 Å². The minimum atomic E-state index is -0.125. The average molecular weight is 814 g/mol. The number of benzene rings is 4. The van der Waals surface area contributed by atoms with Gasteiger partial charge in [-0.1, -0.05) is 114 Å². The molecule has 249 valence electrons. The Morgan fingerprint density at radius 1 is 0.646 bits per heavy atom. The molecule has 6 aromatic rings. The molecule has 0 saturated heterocycles. The molecular weight excluding hydrogens is 769 g/mol. The number of fused-ring (bicyclic) bond motifs is 2. The number of aromatic nitrogens is 2. The van der Waals surface area contributed by atoms with Gasteiger partial charge in [0, 0.05) is 49.5 Å². The third kappa shape index (κ3) is 10.3. The predicted molar refractivity (Wildman–Crippen MR) is 198 cm³/mol. The Balaban J connectivity index is 0.000000215. The molecule has 6 rings (SSSR count). The Bertz CT molecular complexity index is 1830. The summed E-state index contributed by atoms with van der Waals surface area (Å²) in [4.78, 5) is 19.1. The van der Waals surface area contributed by atoms with E-state index in [1.807, 2.05) is 18.5 Å². The number of nitrogens with zero attached hydrogens (tertiary/aromatic N) is 2. The van der Waals surface area contributed by atoms with Gasteiger partial charge >= 0.3 is 0 Å². The van der Waals surface area contributed by atoms with Crippen molar-refractivity contribution >= 4 is 27.3 Å². The van der Waals surface area contributed by atoms with Crippen molar-refractivity contribution in [3.8, 4) is 22.5 Å². The van der Waals surface area contributed by atoms with Crippen LogP contribution in [0, 0.1) is 6.07 Å². The molecule has 0 amide bonds. The third-order valence-corrected chi connectivity index (χ3v) is 7.72. The number of carbonyl (C=O) groups is 1. The minimum Gasteiger partial charge on any atom is -0.512 e. The summed E-state index contributed by atoms with van der Waals surface area (Å²) in [5, 5.41) is 13.2. The summed E-state index contributed by atoms with van der Waals surface area (Å²) < 4.78 is 0. The molecule has 0 saturated carbocycles. The first-order valence-electron chi connectivity index (χ1n) is 15.9. The van der Waals surface area contributed by atoms with Crippen LogP contribution >= 0.6 is 0 Å². The molecule has 1 radical (unpaired) electrons. The first-order valence-corrected chi connectivity index (χ1v) is 15.9. The number of ketones is 1. The van der Waals surface area contributed by atoms with Crippen molar-refractivity contribution in [2.24, 2.45) is 0 Å². The molecule has 0 fully saturated rings. The maximum Gasteiger partial charge on any atom is 0.155 e. The van der Waals surface area contributed by atoms with Gasteiger partial charge in [0.2, 0.25) is 0 Å². The molecule has 0 aliphatic rings. The molecule has 1 N–H and O–H groups in total. The van der Waals surface area contributed by atoms with Crippen molar-refractivity contribution in [2.75, 3.05) is 0 Å². The summed E-state index contributed by atoms with van der Waals surface area (Å²) in [5.74, 6) is -0.0625. The van der Waals surface area contributed by atoms with Gasteiger partial charge in [0.15, 0.2) is 5.78 Å². The summed E-state index contributed by atoms with van der Waals surface area (Å²) >= 11 is 0. The first-order chi connectivity index (χ1) is 22.2. The fourth-order valence-electron chi connectivity index (χ4n) is 5.14. The van der Waals surface area contributed by atoms with Gasteiger partial charge in [-0.2, -0.15) is 0 Å². The molecule has 48 heavy (non-hydrogen) atoms. The number of pyridine rings is 2. The van der Waals surface area contributed by atoms with E-state index in [1.54, 1.807) is 0 Å². The number of allylic oxidation sites excluding steroid dienone is 2. The molecule has 0 aliphatic carbocycles. The molecule has 2 heterocycles. The maximum atomic E-state index is 10.0. The smallest absolute Gasteiger partial charge is 0.155 e. The van der Waals surface area contributed by atoms with Gasteiger partial charge in [-0.3, -0.25) is 9.78 Å². The zero-order valence-corrected chi connectivity index (χ0v) is 31.5. The van der Waals surface area contributed by atoms with E-state index in [0.717, 1.165) is 17.0 Å². The van der Waals surface area contributed by atoms with Crippen molar-refractivity contribution in [1.29, 1.82) is 0 Å². The summed E-state index contributed by atoms with van der Waals surface area (Å²) in [6, 6.07) is 39.4. The summed E-state index contributed by atoms with van der Waals surface area (Å²) in [7, 11) is 0. The molecule has 5 heteroatoms. The van der Waals surface area contributed by atoms with Crippen molar-refractivity contribution in [2.45, 2.75) is 66.2 Å². The van der Waals surface area contributed by atoms with E-state index in [9.17, 15) is 4.79 Å². The zero-order valence-electron chi connectivity index (χ0n) is 29.1. The SMILES string of the molecule is CC(=O)/C=C(/C)O.CC(C)(C)c1c[c-]c(-c2nccc3ccccc23)cc1.CC(C)(C)c1ccc(-c2nccc3ccccc23)cc1.[Ir]. The number of aliphatic hydroxyl groups is 1. The molecule has 0 aliphatic heterocycles. The van der Waals surface area contributed by atoms with Crippen LogP contribution < -0.4 is 0 Å². The molecule has 0 atom stereocenters. The van der Waals surface area contributed by atoms with E-state index in [2.05, 4.69) is 155 Å². The van der Waals surface area contributed by atoms with E-state index >= 15 is 0 Å². The van der Waals surface area contributed by atoms with Crippen LogP contribution in [0.4, 0.5) is 0 Å². The van der Waals surface area contributed by atoms with E-state index in [4.69, 9.17) is 5.11 Å². The van der Waals surface area contributed by atoms with Gasteiger partial charge in [0.1, 0.15) is 0 Å². The molecule has 4 nitrogen and oxygen atoms in total. The number of aliphatic hydroxyl groups excluding tert-OH is 1. The standard InChI is InChI=1S/C19H19N.C19H18N.C5H8O2.Ir/c2*1-19(2,3)16-10-8-15(9-11-16)18-17-7-5-4-6-14(17)12-13-20-18;1-4(6)3-5(2)7;/h4-13H,1-3H3;4-8,10-13H,1-3H3;3,6H,1-2H3;/q;-1;;/b;;4-3-;. The van der Waals surface area contributed by atoms with Gasteiger partial charge < -0.3 is 10.1 Å². The van der Waals surface area contributed by atoms with Crippen molar-refractivity contribution in [3.63, 3.8) is 0 Å². The first kappa shape index (κ1) is 38.0. The molecule has 2 aromatic heterocycles. The Kier molecular flexibility index (Phi) is 13.1. The maximum absolute atomic E-state index is 10.0. The van der Waals surface area contributed by atoms with Gasteiger partial charge in [-0.15, -0.1) is 35.4 Å². The molecule has 0 spiro atoms. The second-order valence-corrected chi connectivity index (χ2v) is 13.7. The van der Waals surface area contributed by atoms with Crippen LogP contribution in [-0.2, 0) is 35.7 Å². The third-order valence-electron chi connectivity index (χ3n) is 7.72. The minimum absolute atomic E-state index is 0. The van der Waals surface area contributed by atoms with Crippen LogP contribution in [0.15, 0.2) is 127 Å². The normalized spacial score (nSPS) is 11.5. The molecule has 0 unspecified atom stereocenters. The van der Waals surface area contributed by atoms with Gasteiger partial charge in [0.05, 0.1) is 11.5 Å². The Labute approximate surface area is 299 Å². The summed E-state index contributed by atoms with van der Waals surface area (Å²) in [6.45, 7) is 16.2. The molecule has 4 aromatic carbocycles. The topological polar surface area (TPSA) is 63.1 Å². The summed E-state index contributed by atoms with van der Waals surface area (Å²) in [5.41, 5.74) is 7.27. The monoisotopic (exact) mass is 814 g/mol. The second kappa shape index (κ2) is 16.6. The fraction of sp³-hybridized carbons (Fsp3) is 0.233. The largest absolute Gasteiger partial charge is 0.512 e. The van der Waals surface area contributed by atoms with E-state index in [-0.39, 0.29) is 42.5 Å². The van der Waals surface area contributed by atoms with Crippen LogP contribution in [0.1, 0.15) is 66.5 Å².